The van der Waals surface area contributed by atoms with Crippen LogP contribution in [0.2, 0.25) is 0 Å². The Morgan fingerprint density at radius 1 is 0.921 bits per heavy atom. The summed E-state index contributed by atoms with van der Waals surface area (Å²) in [6.45, 7) is 13.2. The zero-order valence-electron chi connectivity index (χ0n) is 35.9. The first-order chi connectivity index (χ1) is 30.4. The van der Waals surface area contributed by atoms with Crippen LogP contribution in [-0.2, 0) is 9.53 Å². The van der Waals surface area contributed by atoms with Crippen molar-refractivity contribution in [2.24, 2.45) is 0 Å². The van der Waals surface area contributed by atoms with E-state index in [1.807, 2.05) is 11.0 Å². The molecule has 5 heterocycles. The largest absolute Gasteiger partial charge is 0.493 e. The summed E-state index contributed by atoms with van der Waals surface area (Å²) in [5.41, 5.74) is 3.72. The average molecular weight is 907 g/mol. The first-order valence-electron chi connectivity index (χ1n) is 20.6. The Morgan fingerprint density at radius 2 is 1.57 bits per heavy atom. The third kappa shape index (κ3) is 11.2. The van der Waals surface area contributed by atoms with Gasteiger partial charge in [0.2, 0.25) is 6.41 Å². The maximum Gasteiger partial charge on any atom is 0.287 e. The maximum absolute atomic E-state index is 13.4. The van der Waals surface area contributed by atoms with Gasteiger partial charge in [-0.05, 0) is 67.5 Å². The number of fused-ring (bicyclic) bond motifs is 4. The molecular weight excluding hydrogens is 853 g/mol. The van der Waals surface area contributed by atoms with E-state index in [9.17, 15) is 29.6 Å². The minimum Gasteiger partial charge on any atom is -0.493 e. The summed E-state index contributed by atoms with van der Waals surface area (Å²) in [6.07, 6.45) is 5.05. The van der Waals surface area contributed by atoms with Crippen molar-refractivity contribution in [2.45, 2.75) is 74.0 Å². The second-order valence-electron chi connectivity index (χ2n) is 15.5. The molecule has 2 aromatic carbocycles. The molecule has 3 amide bonds. The van der Waals surface area contributed by atoms with E-state index in [-0.39, 0.29) is 34.8 Å². The second kappa shape index (κ2) is 21.7. The number of pyridine rings is 1. The Hall–Kier alpha value is -5.50. The summed E-state index contributed by atoms with van der Waals surface area (Å²) in [6, 6.07) is 9.36. The number of anilines is 2. The van der Waals surface area contributed by atoms with E-state index in [2.05, 4.69) is 30.4 Å². The molecule has 7 rings (SSSR count). The van der Waals surface area contributed by atoms with Gasteiger partial charge in [0.25, 0.3) is 17.5 Å². The van der Waals surface area contributed by atoms with Gasteiger partial charge in [0.15, 0.2) is 29.2 Å². The van der Waals surface area contributed by atoms with Gasteiger partial charge in [-0.3, -0.25) is 29.4 Å². The number of carbonyl (C=O) groups is 3. The summed E-state index contributed by atoms with van der Waals surface area (Å²) in [5, 5.41) is 26.1. The highest BCUT2D eigenvalue weighted by molar-refractivity contribution is 8.76. The number of amides is 3. The molecule has 0 saturated carbocycles. The van der Waals surface area contributed by atoms with Gasteiger partial charge in [-0.2, -0.15) is 0 Å². The number of unbranched alkanes of at least 4 members (excludes halogenated alkanes) is 2. The number of nitrogens with zero attached hydrogens (tertiary/aromatic N) is 5. The van der Waals surface area contributed by atoms with Crippen LogP contribution in [0.4, 0.5) is 17.1 Å². The molecule has 4 aliphatic rings. The zero-order chi connectivity index (χ0) is 45.2. The third-order valence-corrected chi connectivity index (χ3v) is 13.9. The van der Waals surface area contributed by atoms with Crippen LogP contribution in [0.3, 0.4) is 0 Å². The summed E-state index contributed by atoms with van der Waals surface area (Å²) >= 11 is 0. The number of aliphatic hydroxyl groups is 1. The number of methoxy groups -OCH3 is 3. The molecule has 17 nitrogen and oxygen atoms in total. The number of aliphatic hydroxyl groups excluding tert-OH is 1. The van der Waals surface area contributed by atoms with Crippen molar-refractivity contribution in [3.8, 4) is 23.0 Å². The molecule has 2 saturated heterocycles. The lowest BCUT2D eigenvalue weighted by Gasteiger charge is -2.29. The minimum atomic E-state index is -1.21. The number of carbonyl (C=O) groups excluding carboxylic acids is 3. The number of aromatic nitrogens is 1. The molecule has 1 aromatic heterocycles. The number of nitro groups is 1. The minimum absolute atomic E-state index is 0.0202. The Bertz CT molecular complexity index is 2180. The molecule has 63 heavy (non-hydrogen) atoms. The number of rotatable bonds is 18. The lowest BCUT2D eigenvalue weighted by atomic mass is 10.1. The van der Waals surface area contributed by atoms with E-state index in [0.29, 0.717) is 85.9 Å². The van der Waals surface area contributed by atoms with E-state index in [1.165, 1.54) is 35.1 Å². The standard InChI is InChI=1S/C34H40N4O8.C10H14N2O3S2/c1-20-10-22-16-35-25-14-30(28(43-3)12-23(25)32(40)36(22)17-20)45-8-6-5-7-9-46-31-15-26-24(13-29(31)44-4)33(41)37-18-21(2)11-27(37)34(42)38(26)19-39;1-8(5-6-15-2)16-17-10-4-3-9(7-11-10)12(13)14/h12-15,19,22,27,34-35,42H,1-2,5-11,16-18H2,3-4H3;3-4,7-8H,5-6H2,1-2H3. The van der Waals surface area contributed by atoms with E-state index in [1.54, 1.807) is 54.2 Å². The molecule has 4 atom stereocenters. The summed E-state index contributed by atoms with van der Waals surface area (Å²) in [4.78, 5) is 57.3. The van der Waals surface area contributed by atoms with Crippen LogP contribution in [0.25, 0.3) is 0 Å². The van der Waals surface area contributed by atoms with Crippen LogP contribution >= 0.6 is 21.6 Å². The molecule has 0 radical (unpaired) electrons. The Labute approximate surface area is 374 Å². The lowest BCUT2D eigenvalue weighted by Crippen LogP contribution is -2.48. The summed E-state index contributed by atoms with van der Waals surface area (Å²) in [5.74, 6) is 1.47. The fraction of sp³-hybridized carbons (Fsp3) is 0.455. The average Bonchev–Trinajstić information content (AvgIpc) is 3.82. The van der Waals surface area contributed by atoms with Crippen LogP contribution in [0, 0.1) is 10.1 Å². The zero-order valence-corrected chi connectivity index (χ0v) is 37.5. The number of ether oxygens (including phenoxy) is 5. The van der Waals surface area contributed by atoms with Gasteiger partial charge in [0, 0.05) is 56.8 Å². The fourth-order valence-corrected chi connectivity index (χ4v) is 9.75. The molecule has 2 fully saturated rings. The van der Waals surface area contributed by atoms with E-state index >= 15 is 0 Å². The van der Waals surface area contributed by atoms with Crippen molar-refractivity contribution >= 4 is 56.9 Å². The summed E-state index contributed by atoms with van der Waals surface area (Å²) in [7, 11) is 7.94. The van der Waals surface area contributed by atoms with Crippen molar-refractivity contribution in [3.05, 3.63) is 88.1 Å². The van der Waals surface area contributed by atoms with Crippen LogP contribution in [-0.4, -0.2) is 127 Å². The molecule has 2 N–H and O–H groups in total. The molecule has 4 unspecified atom stereocenters. The fourth-order valence-electron chi connectivity index (χ4n) is 7.70. The highest BCUT2D eigenvalue weighted by atomic mass is 33.1. The molecule has 0 bridgehead atoms. The number of hydrogen-bond acceptors (Lipinski definition) is 15. The number of nitrogens with one attached hydrogen (secondary N) is 1. The highest BCUT2D eigenvalue weighted by Crippen LogP contribution is 2.42. The van der Waals surface area contributed by atoms with Gasteiger partial charge >= 0.3 is 0 Å². The van der Waals surface area contributed by atoms with Crippen LogP contribution in [0.15, 0.2) is 71.9 Å². The van der Waals surface area contributed by atoms with Gasteiger partial charge in [-0.1, -0.05) is 42.0 Å². The van der Waals surface area contributed by atoms with Gasteiger partial charge < -0.3 is 43.9 Å². The first kappa shape index (κ1) is 47.0. The molecule has 3 aromatic rings. The number of benzene rings is 2. The second-order valence-corrected chi connectivity index (χ2v) is 18.2. The molecule has 19 heteroatoms. The predicted octanol–water partition coefficient (Wildman–Crippen LogP) is 6.75. The quantitative estimate of drug-likeness (QED) is 0.0340. The number of hydrogen-bond donors (Lipinski definition) is 2. The van der Waals surface area contributed by atoms with Crippen molar-refractivity contribution < 1.29 is 48.1 Å². The smallest absolute Gasteiger partial charge is 0.287 e. The van der Waals surface area contributed by atoms with E-state index in [0.717, 1.165) is 54.1 Å². The Kier molecular flexibility index (Phi) is 16.2. The highest BCUT2D eigenvalue weighted by Gasteiger charge is 2.44. The molecular formula is C44H54N6O11S2. The van der Waals surface area contributed by atoms with Gasteiger partial charge in [0.1, 0.15) is 11.2 Å². The Balaban J connectivity index is 0.000000327. The van der Waals surface area contributed by atoms with Crippen LogP contribution in [0.1, 0.15) is 66.2 Å². The van der Waals surface area contributed by atoms with Crippen molar-refractivity contribution in [1.82, 2.24) is 14.8 Å². The summed E-state index contributed by atoms with van der Waals surface area (Å²) < 4.78 is 28.2. The molecule has 4 aliphatic heterocycles. The van der Waals surface area contributed by atoms with Crippen molar-refractivity contribution in [3.63, 3.8) is 0 Å². The van der Waals surface area contributed by atoms with Gasteiger partial charge in [-0.25, -0.2) is 4.98 Å². The first-order valence-corrected chi connectivity index (χ1v) is 22.8. The van der Waals surface area contributed by atoms with Gasteiger partial charge in [0.05, 0.1) is 66.9 Å². The molecule has 0 aliphatic carbocycles. The Morgan fingerprint density at radius 3 is 2.21 bits per heavy atom. The topological polar surface area (TPSA) is 195 Å². The van der Waals surface area contributed by atoms with Gasteiger partial charge in [-0.15, -0.1) is 0 Å². The monoisotopic (exact) mass is 906 g/mol. The predicted molar refractivity (Wildman–Crippen MR) is 241 cm³/mol. The molecule has 338 valence electrons. The van der Waals surface area contributed by atoms with Crippen LogP contribution in [0.5, 0.6) is 23.0 Å². The normalized spacial score (nSPS) is 19.3. The maximum atomic E-state index is 13.4. The van der Waals surface area contributed by atoms with Crippen LogP contribution < -0.4 is 29.2 Å². The van der Waals surface area contributed by atoms with E-state index < -0.39 is 17.2 Å². The van der Waals surface area contributed by atoms with Crippen molar-refractivity contribution in [2.75, 3.05) is 71.0 Å². The third-order valence-electron chi connectivity index (χ3n) is 11.0. The molecule has 0 spiro atoms. The SMILES string of the molecule is C=C1CC2CNc3cc(OCCCCCOc4cc5c(cc4OC)C(=O)N4CC(=C)CC4C(O)N5C=O)c(OC)cc3C(=O)N2C1.COCCC(C)SSc1ccc([N+](=O)[O-])cn1. The van der Waals surface area contributed by atoms with Crippen molar-refractivity contribution in [1.29, 1.82) is 0 Å². The van der Waals surface area contributed by atoms with E-state index in [4.69, 9.17) is 23.7 Å². The lowest BCUT2D eigenvalue weighted by molar-refractivity contribution is -0.385.